The Morgan fingerprint density at radius 2 is 1.48 bits per heavy atom. The topological polar surface area (TPSA) is 52.6 Å². The van der Waals surface area contributed by atoms with E-state index in [1.165, 1.54) is 14.2 Å². The Kier molecular flexibility index (Phi) is 7.22. The molecule has 6 heteroatoms. The van der Waals surface area contributed by atoms with E-state index in [1.807, 2.05) is 54.6 Å². The highest BCUT2D eigenvalue weighted by Crippen LogP contribution is 2.30. The number of ether oxygens (including phenoxy) is 2. The molecule has 25 heavy (non-hydrogen) atoms. The zero-order chi connectivity index (χ0) is 18.2. The predicted octanol–water partition coefficient (Wildman–Crippen LogP) is 3.73. The van der Waals surface area contributed by atoms with Crippen molar-refractivity contribution in [3.63, 3.8) is 0 Å². The van der Waals surface area contributed by atoms with Crippen LogP contribution in [0.5, 0.6) is 0 Å². The number of benzene rings is 2. The van der Waals surface area contributed by atoms with Gasteiger partial charge >= 0.3 is 11.9 Å². The van der Waals surface area contributed by atoms with Crippen LogP contribution >= 0.6 is 22.1 Å². The molecule has 1 atom stereocenters. The molecule has 0 saturated carbocycles. The molecule has 2 aromatic carbocycles. The van der Waals surface area contributed by atoms with Gasteiger partial charge in [-0.05, 0) is 42.0 Å². The van der Waals surface area contributed by atoms with Gasteiger partial charge < -0.3 is 9.47 Å². The number of rotatable bonds is 6. The fourth-order valence-electron chi connectivity index (χ4n) is 2.26. The number of aryl methyl sites for hydroxylation is 1. The molecule has 1 unspecified atom stereocenters. The predicted molar refractivity (Wildman–Crippen MR) is 101 cm³/mol. The first-order valence-electron chi connectivity index (χ1n) is 7.60. The summed E-state index contributed by atoms with van der Waals surface area (Å²) in [5.41, 5.74) is 1.08. The lowest BCUT2D eigenvalue weighted by molar-refractivity contribution is -0.137. The average Bonchev–Trinajstić information content (AvgIpc) is 2.66. The normalized spacial score (nSPS) is 11.5. The minimum atomic E-state index is -0.757. The van der Waals surface area contributed by atoms with Gasteiger partial charge in [0.05, 0.1) is 14.2 Å². The smallest absolute Gasteiger partial charge is 0.351 e. The summed E-state index contributed by atoms with van der Waals surface area (Å²) in [4.78, 5) is 25.3. The summed E-state index contributed by atoms with van der Waals surface area (Å²) in [6.07, 6.45) is 0.687. The van der Waals surface area contributed by atoms with Crippen LogP contribution in [0.4, 0.5) is 0 Å². The lowest BCUT2D eigenvalue weighted by Crippen LogP contribution is -2.27. The van der Waals surface area contributed by atoms with Crippen LogP contribution in [0, 0.1) is 0 Å². The first kappa shape index (κ1) is 19.2. The van der Waals surface area contributed by atoms with Crippen molar-refractivity contribution in [2.24, 2.45) is 0 Å². The van der Waals surface area contributed by atoms with Gasteiger partial charge in [-0.15, -0.1) is 10.5 Å². The first-order chi connectivity index (χ1) is 12.1. The number of hydrogen-bond acceptors (Lipinski definition) is 4. The van der Waals surface area contributed by atoms with Gasteiger partial charge in [-0.3, -0.25) is 0 Å². The largest absolute Gasteiger partial charge is 0.465 e. The van der Waals surface area contributed by atoms with Crippen molar-refractivity contribution in [1.82, 2.24) is 0 Å². The molecule has 4 nitrogen and oxygen atoms in total. The third-order valence-electron chi connectivity index (χ3n) is 3.52. The van der Waals surface area contributed by atoms with Crippen LogP contribution in [0.25, 0.3) is 0 Å². The Hall–Kier alpha value is -2.11. The molecular formula is C19H19ClO4S. The van der Waals surface area contributed by atoms with E-state index in [0.717, 1.165) is 10.5 Å². The maximum absolute atomic E-state index is 12.2. The van der Waals surface area contributed by atoms with Crippen LogP contribution in [0.1, 0.15) is 5.56 Å². The van der Waals surface area contributed by atoms with Crippen LogP contribution in [0.15, 0.2) is 59.5 Å². The molecule has 2 rings (SSSR count). The Balaban J connectivity index is 2.44. The molecule has 0 bridgehead atoms. The van der Waals surface area contributed by atoms with Gasteiger partial charge in [0.1, 0.15) is 0 Å². The third kappa shape index (κ3) is 5.18. The van der Waals surface area contributed by atoms with Crippen molar-refractivity contribution in [3.8, 4) is 0 Å². The first-order valence-corrected chi connectivity index (χ1v) is 9.38. The monoisotopic (exact) mass is 378 g/mol. The van der Waals surface area contributed by atoms with E-state index in [-0.39, 0.29) is 4.86 Å². The van der Waals surface area contributed by atoms with Crippen LogP contribution in [0.3, 0.4) is 0 Å². The average molecular weight is 379 g/mol. The van der Waals surface area contributed by atoms with Gasteiger partial charge in [0.25, 0.3) is 0 Å². The van der Waals surface area contributed by atoms with Gasteiger partial charge in [-0.2, -0.15) is 0 Å². The van der Waals surface area contributed by atoms with Gasteiger partial charge in [-0.25, -0.2) is 9.59 Å². The molecule has 0 spiro atoms. The fraction of sp³-hybridized carbons (Fsp3) is 0.211. The molecule has 0 aliphatic rings. The zero-order valence-corrected chi connectivity index (χ0v) is 15.6. The molecule has 0 heterocycles. The number of carbonyl (C=O) groups excluding carboxylic acids is 2. The molecule has 0 N–H and O–H groups in total. The number of halogens is 1. The van der Waals surface area contributed by atoms with Crippen molar-refractivity contribution in [1.29, 1.82) is 0 Å². The summed E-state index contributed by atoms with van der Waals surface area (Å²) in [5, 5.41) is 0.669. The van der Waals surface area contributed by atoms with Crippen LogP contribution < -0.4 is 0 Å². The standard InChI is InChI=1S/C19H19ClO4S/c1-23-18(21)17(19(22)24-2)25(16-6-4-3-5-7-16)13-12-14-8-10-15(20)11-9-14/h3-11H,12-13H2,1-2H3. The van der Waals surface area contributed by atoms with E-state index in [1.54, 1.807) is 0 Å². The number of hydrogen-bond donors (Lipinski definition) is 0. The summed E-state index contributed by atoms with van der Waals surface area (Å²) < 4.78 is 9.64. The Labute approximate surface area is 154 Å². The number of esters is 2. The Morgan fingerprint density at radius 1 is 0.920 bits per heavy atom. The molecule has 0 radical (unpaired) electrons. The Morgan fingerprint density at radius 3 is 2.00 bits per heavy atom. The number of methoxy groups -OCH3 is 2. The fourth-order valence-corrected chi connectivity index (χ4v) is 4.56. The van der Waals surface area contributed by atoms with Crippen molar-refractivity contribution >= 4 is 38.9 Å². The van der Waals surface area contributed by atoms with Crippen molar-refractivity contribution in [2.45, 2.75) is 11.3 Å². The minimum absolute atomic E-state index is 0.0326. The molecule has 132 valence electrons. The summed E-state index contributed by atoms with van der Waals surface area (Å²) in [5.74, 6) is -0.726. The van der Waals surface area contributed by atoms with Crippen molar-refractivity contribution in [2.75, 3.05) is 20.0 Å². The van der Waals surface area contributed by atoms with E-state index < -0.39 is 22.4 Å². The second kappa shape index (κ2) is 9.39. The van der Waals surface area contributed by atoms with E-state index in [0.29, 0.717) is 17.2 Å². The SMILES string of the molecule is COC(=O)C(C(=O)OC)=S(CCc1ccc(Cl)cc1)c1ccccc1. The summed E-state index contributed by atoms with van der Waals surface area (Å²) >= 11 is 5.92. The molecule has 2 aromatic rings. The van der Waals surface area contributed by atoms with Crippen LogP contribution in [-0.4, -0.2) is 36.8 Å². The Bertz CT molecular complexity index is 752. The maximum Gasteiger partial charge on any atom is 0.351 e. The summed E-state index contributed by atoms with van der Waals surface area (Å²) in [7, 11) is 1.76. The van der Waals surface area contributed by atoms with Gasteiger partial charge in [0, 0.05) is 9.92 Å². The van der Waals surface area contributed by atoms with Crippen molar-refractivity contribution in [3.05, 3.63) is 65.2 Å². The molecule has 0 aliphatic heterocycles. The molecule has 0 aromatic heterocycles. The number of carbonyl (C=O) groups is 2. The summed E-state index contributed by atoms with van der Waals surface area (Å²) in [6.45, 7) is 0. The van der Waals surface area contributed by atoms with E-state index in [9.17, 15) is 9.59 Å². The molecule has 0 fully saturated rings. The molecular weight excluding hydrogens is 360 g/mol. The second-order valence-corrected chi connectivity index (χ2v) is 7.60. The molecule has 0 saturated heterocycles. The van der Waals surface area contributed by atoms with Gasteiger partial charge in [0.2, 0.25) is 0 Å². The highest BCUT2D eigenvalue weighted by Gasteiger charge is 2.25. The van der Waals surface area contributed by atoms with E-state index in [4.69, 9.17) is 21.1 Å². The van der Waals surface area contributed by atoms with Crippen LogP contribution in [0.2, 0.25) is 5.02 Å². The third-order valence-corrected chi connectivity index (χ3v) is 6.06. The quantitative estimate of drug-likeness (QED) is 0.436. The lowest BCUT2D eigenvalue weighted by atomic mass is 10.2. The summed E-state index contributed by atoms with van der Waals surface area (Å²) in [6, 6.07) is 17.0. The highest BCUT2D eigenvalue weighted by atomic mass is 35.5. The highest BCUT2D eigenvalue weighted by molar-refractivity contribution is 8.18. The van der Waals surface area contributed by atoms with Gasteiger partial charge in [-0.1, -0.05) is 41.9 Å². The zero-order valence-electron chi connectivity index (χ0n) is 14.0. The van der Waals surface area contributed by atoms with E-state index in [2.05, 4.69) is 0 Å². The molecule has 0 aliphatic carbocycles. The molecule has 0 amide bonds. The maximum atomic E-state index is 12.2. The van der Waals surface area contributed by atoms with Crippen molar-refractivity contribution < 1.29 is 19.1 Å². The van der Waals surface area contributed by atoms with Crippen LogP contribution in [-0.2, 0) is 25.5 Å². The second-order valence-electron chi connectivity index (χ2n) is 5.10. The lowest BCUT2D eigenvalue weighted by Gasteiger charge is -2.15. The minimum Gasteiger partial charge on any atom is -0.465 e. The van der Waals surface area contributed by atoms with Gasteiger partial charge in [0.15, 0.2) is 4.86 Å². The van der Waals surface area contributed by atoms with E-state index >= 15 is 0 Å².